The van der Waals surface area contributed by atoms with Gasteiger partial charge in [0.15, 0.2) is 22.7 Å². The van der Waals surface area contributed by atoms with Gasteiger partial charge in [-0.15, -0.1) is 0 Å². The van der Waals surface area contributed by atoms with E-state index in [0.29, 0.717) is 17.0 Å². The fraction of sp³-hybridized carbons (Fsp3) is 0.269. The minimum atomic E-state index is -4.52. The van der Waals surface area contributed by atoms with Gasteiger partial charge >= 0.3 is 6.18 Å². The molecule has 0 unspecified atom stereocenters. The molecule has 4 heterocycles. The molecule has 0 N–H and O–H groups in total. The van der Waals surface area contributed by atoms with Gasteiger partial charge in [-0.2, -0.15) is 18.2 Å². The van der Waals surface area contributed by atoms with Crippen LogP contribution in [0.2, 0.25) is 5.15 Å². The van der Waals surface area contributed by atoms with Crippen molar-refractivity contribution in [3.8, 4) is 34.5 Å². The Morgan fingerprint density at radius 3 is 2.45 bits per heavy atom. The monoisotopic (exact) mass is 568 g/mol. The number of hydrogen-bond donors (Lipinski definition) is 0. The van der Waals surface area contributed by atoms with Gasteiger partial charge in [-0.3, -0.25) is 0 Å². The van der Waals surface area contributed by atoms with Gasteiger partial charge in [-0.05, 0) is 18.4 Å². The SMILES string of the molecule is COc1ncnc(C2CC2)c1-c1nc(OCc2ccc(-c3nc(C(F)(F)F)cn3C)cc2)c2nc(Cl)cnc2n1. The van der Waals surface area contributed by atoms with E-state index in [4.69, 9.17) is 21.1 Å². The van der Waals surface area contributed by atoms with E-state index in [9.17, 15) is 13.2 Å². The Bertz CT molecular complexity index is 1720. The summed E-state index contributed by atoms with van der Waals surface area (Å²) in [7, 11) is 3.03. The molecule has 5 aromatic rings. The molecule has 4 aromatic heterocycles. The van der Waals surface area contributed by atoms with E-state index in [2.05, 4.69) is 34.9 Å². The summed E-state index contributed by atoms with van der Waals surface area (Å²) in [6.07, 6.45) is 1.25. The van der Waals surface area contributed by atoms with E-state index >= 15 is 0 Å². The molecule has 1 aliphatic carbocycles. The largest absolute Gasteiger partial charge is 0.480 e. The van der Waals surface area contributed by atoms with Crippen LogP contribution < -0.4 is 9.47 Å². The first-order chi connectivity index (χ1) is 19.2. The van der Waals surface area contributed by atoms with Gasteiger partial charge in [0.05, 0.1) is 19.0 Å². The van der Waals surface area contributed by atoms with Crippen LogP contribution in [0.3, 0.4) is 0 Å². The Morgan fingerprint density at radius 1 is 1.00 bits per heavy atom. The molecular weight excluding hydrogens is 549 g/mol. The number of methoxy groups -OCH3 is 1. The molecule has 1 aromatic carbocycles. The molecule has 14 heteroatoms. The molecule has 204 valence electrons. The fourth-order valence-electron chi connectivity index (χ4n) is 4.26. The lowest BCUT2D eigenvalue weighted by atomic mass is 10.1. The highest BCUT2D eigenvalue weighted by atomic mass is 35.5. The second-order valence-corrected chi connectivity index (χ2v) is 9.57. The van der Waals surface area contributed by atoms with Crippen LogP contribution in [0.1, 0.15) is 35.7 Å². The number of ether oxygens (including phenoxy) is 2. The van der Waals surface area contributed by atoms with Crippen molar-refractivity contribution < 1.29 is 22.6 Å². The number of benzene rings is 1. The summed E-state index contributed by atoms with van der Waals surface area (Å²) >= 11 is 6.10. The van der Waals surface area contributed by atoms with Crippen LogP contribution in [0.25, 0.3) is 33.9 Å². The van der Waals surface area contributed by atoms with Crippen LogP contribution in [-0.4, -0.2) is 46.6 Å². The number of nitrogens with zero attached hydrogens (tertiary/aromatic N) is 8. The number of hydrogen-bond acceptors (Lipinski definition) is 9. The summed E-state index contributed by atoms with van der Waals surface area (Å²) in [6, 6.07) is 6.82. The molecule has 6 rings (SSSR count). The molecule has 1 aliphatic rings. The van der Waals surface area contributed by atoms with E-state index in [1.165, 1.54) is 31.2 Å². The van der Waals surface area contributed by atoms with E-state index < -0.39 is 11.9 Å². The molecule has 0 aliphatic heterocycles. The number of aryl methyl sites for hydroxylation is 1. The lowest BCUT2D eigenvalue weighted by Crippen LogP contribution is -2.06. The molecule has 1 saturated carbocycles. The van der Waals surface area contributed by atoms with Crippen molar-refractivity contribution in [1.82, 2.24) is 39.5 Å². The molecule has 40 heavy (non-hydrogen) atoms. The Kier molecular flexibility index (Phi) is 6.45. The van der Waals surface area contributed by atoms with Gasteiger partial charge in [-0.1, -0.05) is 35.9 Å². The first-order valence-electron chi connectivity index (χ1n) is 12.1. The lowest BCUT2D eigenvalue weighted by molar-refractivity contribution is -0.140. The Hall–Kier alpha value is -4.39. The molecule has 0 atom stereocenters. The highest BCUT2D eigenvalue weighted by molar-refractivity contribution is 6.29. The number of rotatable bonds is 7. The zero-order valence-corrected chi connectivity index (χ0v) is 21.9. The van der Waals surface area contributed by atoms with Crippen molar-refractivity contribution in [1.29, 1.82) is 0 Å². The summed E-state index contributed by atoms with van der Waals surface area (Å²) in [5.41, 5.74) is 2.20. The van der Waals surface area contributed by atoms with Crippen LogP contribution in [-0.2, 0) is 19.8 Å². The summed E-state index contributed by atoms with van der Waals surface area (Å²) in [6.45, 7) is 0.0757. The Morgan fingerprint density at radius 2 is 1.77 bits per heavy atom. The smallest absolute Gasteiger partial charge is 0.434 e. The first-order valence-corrected chi connectivity index (χ1v) is 12.5. The standard InChI is InChI=1S/C26H20ClF3N8O2/c1-38-10-16(26(28,29)30)34-23(38)15-5-3-13(4-6-15)11-40-25-20-22(31-9-17(27)35-20)36-21(37-25)18-19(14-7-8-14)32-12-33-24(18)39-2/h3-6,9-10,12,14H,7-8,11H2,1-2H3. The van der Waals surface area contributed by atoms with Gasteiger partial charge in [0.25, 0.3) is 0 Å². The van der Waals surface area contributed by atoms with Crippen molar-refractivity contribution >= 4 is 22.8 Å². The minimum absolute atomic E-state index is 0.0757. The highest BCUT2D eigenvalue weighted by Gasteiger charge is 2.35. The zero-order chi connectivity index (χ0) is 28.0. The molecule has 10 nitrogen and oxygen atoms in total. The average Bonchev–Trinajstić information content (AvgIpc) is 3.71. The van der Waals surface area contributed by atoms with Gasteiger partial charge in [0.2, 0.25) is 11.8 Å². The van der Waals surface area contributed by atoms with E-state index in [1.54, 1.807) is 24.3 Å². The second-order valence-electron chi connectivity index (χ2n) is 9.18. The third-order valence-corrected chi connectivity index (χ3v) is 6.51. The molecular formula is C26H20ClF3N8O2. The number of aromatic nitrogens is 8. The zero-order valence-electron chi connectivity index (χ0n) is 21.1. The normalized spacial score (nSPS) is 13.6. The van der Waals surface area contributed by atoms with Crippen LogP contribution in [0.5, 0.6) is 11.8 Å². The van der Waals surface area contributed by atoms with Crippen molar-refractivity contribution in [2.75, 3.05) is 7.11 Å². The third-order valence-electron chi connectivity index (χ3n) is 6.32. The quantitative estimate of drug-likeness (QED) is 0.254. The molecule has 0 radical (unpaired) electrons. The van der Waals surface area contributed by atoms with E-state index in [-0.39, 0.29) is 46.4 Å². The second kappa shape index (κ2) is 9.97. The minimum Gasteiger partial charge on any atom is -0.480 e. The fourth-order valence-corrected chi connectivity index (χ4v) is 4.39. The summed E-state index contributed by atoms with van der Waals surface area (Å²) in [5.74, 6) is 1.22. The summed E-state index contributed by atoms with van der Waals surface area (Å²) in [4.78, 5) is 30.3. The third kappa shape index (κ3) is 4.99. The predicted molar refractivity (Wildman–Crippen MR) is 138 cm³/mol. The molecule has 0 amide bonds. The van der Waals surface area contributed by atoms with Crippen LogP contribution in [0.4, 0.5) is 13.2 Å². The molecule has 0 saturated heterocycles. The maximum Gasteiger partial charge on any atom is 0.434 e. The number of alkyl halides is 3. The topological polar surface area (TPSA) is 114 Å². The summed E-state index contributed by atoms with van der Waals surface area (Å²) < 4.78 is 52.1. The van der Waals surface area contributed by atoms with Gasteiger partial charge < -0.3 is 14.0 Å². The van der Waals surface area contributed by atoms with E-state index in [1.807, 2.05) is 0 Å². The Balaban J connectivity index is 1.32. The average molecular weight is 569 g/mol. The van der Waals surface area contributed by atoms with Crippen molar-refractivity contribution in [2.45, 2.75) is 31.5 Å². The van der Waals surface area contributed by atoms with Crippen LogP contribution in [0, 0.1) is 0 Å². The van der Waals surface area contributed by atoms with Gasteiger partial charge in [0, 0.05) is 24.7 Å². The van der Waals surface area contributed by atoms with Gasteiger partial charge in [0.1, 0.15) is 29.5 Å². The number of imidazole rings is 1. The lowest BCUT2D eigenvalue weighted by Gasteiger charge is -2.13. The molecule has 0 bridgehead atoms. The highest BCUT2D eigenvalue weighted by Crippen LogP contribution is 2.45. The van der Waals surface area contributed by atoms with Crippen LogP contribution in [0.15, 0.2) is 43.0 Å². The maximum atomic E-state index is 13.1. The van der Waals surface area contributed by atoms with Crippen molar-refractivity contribution in [3.63, 3.8) is 0 Å². The maximum absolute atomic E-state index is 13.1. The Labute approximate surface area is 230 Å². The van der Waals surface area contributed by atoms with Crippen molar-refractivity contribution in [3.05, 3.63) is 65.1 Å². The first kappa shape index (κ1) is 25.9. The van der Waals surface area contributed by atoms with E-state index in [0.717, 1.165) is 30.3 Å². The summed E-state index contributed by atoms with van der Waals surface area (Å²) in [5, 5.41) is 0.144. The predicted octanol–water partition coefficient (Wildman–Crippen LogP) is 5.41. The number of fused-ring (bicyclic) bond motifs is 1. The molecule has 1 fully saturated rings. The van der Waals surface area contributed by atoms with Crippen molar-refractivity contribution in [2.24, 2.45) is 7.05 Å². The van der Waals surface area contributed by atoms with Crippen LogP contribution >= 0.6 is 11.6 Å². The number of halogens is 4. The van der Waals surface area contributed by atoms with Gasteiger partial charge in [-0.25, -0.2) is 29.9 Å². The molecule has 0 spiro atoms.